The van der Waals surface area contributed by atoms with Crippen LogP contribution in [-0.4, -0.2) is 29.7 Å². The number of esters is 1. The SMILES string of the molecule is COC(=O)CCc1cc2c(C)cc(=O)oc2c2c1OCN(Cc1cccnc1)C2. The molecule has 4 rings (SSSR count). The summed E-state index contributed by atoms with van der Waals surface area (Å²) in [5.41, 5.74) is 3.81. The van der Waals surface area contributed by atoms with Crippen LogP contribution in [0.2, 0.25) is 0 Å². The minimum Gasteiger partial charge on any atom is -0.477 e. The Morgan fingerprint density at radius 1 is 1.34 bits per heavy atom. The molecular weight excluding hydrogens is 372 g/mol. The second-order valence-corrected chi connectivity index (χ2v) is 7.17. The second-order valence-electron chi connectivity index (χ2n) is 7.17. The fraction of sp³-hybridized carbons (Fsp3) is 0.318. The van der Waals surface area contributed by atoms with Crippen molar-refractivity contribution in [1.29, 1.82) is 0 Å². The van der Waals surface area contributed by atoms with Crippen molar-refractivity contribution in [3.05, 3.63) is 69.3 Å². The number of methoxy groups -OCH3 is 1. The molecule has 7 nitrogen and oxygen atoms in total. The fourth-order valence-corrected chi connectivity index (χ4v) is 3.68. The maximum absolute atomic E-state index is 12.0. The summed E-state index contributed by atoms with van der Waals surface area (Å²) in [6.45, 7) is 3.51. The Kier molecular flexibility index (Phi) is 5.31. The van der Waals surface area contributed by atoms with E-state index in [1.54, 1.807) is 6.20 Å². The van der Waals surface area contributed by atoms with Gasteiger partial charge in [0.15, 0.2) is 0 Å². The zero-order chi connectivity index (χ0) is 20.4. The molecule has 1 aliphatic rings. The molecule has 0 spiro atoms. The van der Waals surface area contributed by atoms with Crippen molar-refractivity contribution >= 4 is 16.9 Å². The molecule has 0 atom stereocenters. The smallest absolute Gasteiger partial charge is 0.336 e. The van der Waals surface area contributed by atoms with Crippen molar-refractivity contribution in [2.45, 2.75) is 32.9 Å². The minimum atomic E-state index is -0.385. The summed E-state index contributed by atoms with van der Waals surface area (Å²) in [6.07, 6.45) is 4.31. The van der Waals surface area contributed by atoms with Crippen molar-refractivity contribution in [1.82, 2.24) is 9.88 Å². The number of benzene rings is 1. The summed E-state index contributed by atoms with van der Waals surface area (Å²) < 4.78 is 16.4. The highest BCUT2D eigenvalue weighted by molar-refractivity contribution is 5.86. The van der Waals surface area contributed by atoms with Crippen LogP contribution in [0.15, 0.2) is 45.9 Å². The van der Waals surface area contributed by atoms with Gasteiger partial charge in [-0.3, -0.25) is 14.7 Å². The number of hydrogen-bond acceptors (Lipinski definition) is 7. The lowest BCUT2D eigenvalue weighted by Gasteiger charge is -2.31. The maximum Gasteiger partial charge on any atom is 0.336 e. The lowest BCUT2D eigenvalue weighted by Crippen LogP contribution is -2.32. The largest absolute Gasteiger partial charge is 0.477 e. The Bertz CT molecular complexity index is 1110. The van der Waals surface area contributed by atoms with Crippen LogP contribution in [-0.2, 0) is 29.0 Å². The number of ether oxygens (including phenoxy) is 2. The summed E-state index contributed by atoms with van der Waals surface area (Å²) in [6, 6.07) is 7.34. The van der Waals surface area contributed by atoms with Crippen LogP contribution in [0.5, 0.6) is 5.75 Å². The van der Waals surface area contributed by atoms with Gasteiger partial charge in [0.25, 0.3) is 0 Å². The first kappa shape index (κ1) is 19.1. The molecule has 0 aliphatic carbocycles. The Labute approximate surface area is 167 Å². The number of hydrogen-bond donors (Lipinski definition) is 0. The first-order valence-electron chi connectivity index (χ1n) is 9.45. The molecule has 0 unspecified atom stereocenters. The number of nitrogens with zero attached hydrogens (tertiary/aromatic N) is 2. The third-order valence-electron chi connectivity index (χ3n) is 5.09. The van der Waals surface area contributed by atoms with Crippen LogP contribution in [0, 0.1) is 6.92 Å². The molecule has 0 saturated carbocycles. The van der Waals surface area contributed by atoms with E-state index in [0.717, 1.165) is 27.6 Å². The molecule has 7 heteroatoms. The number of aryl methyl sites for hydroxylation is 2. The quantitative estimate of drug-likeness (QED) is 0.486. The number of pyridine rings is 1. The maximum atomic E-state index is 12.0. The van der Waals surface area contributed by atoms with Gasteiger partial charge in [-0.15, -0.1) is 0 Å². The number of aromatic nitrogens is 1. The van der Waals surface area contributed by atoms with Gasteiger partial charge in [-0.25, -0.2) is 4.79 Å². The molecule has 150 valence electrons. The summed E-state index contributed by atoms with van der Waals surface area (Å²) >= 11 is 0. The molecule has 0 bridgehead atoms. The number of rotatable bonds is 5. The molecule has 29 heavy (non-hydrogen) atoms. The third-order valence-corrected chi connectivity index (χ3v) is 5.09. The summed E-state index contributed by atoms with van der Waals surface area (Å²) in [5, 5.41) is 0.857. The van der Waals surface area contributed by atoms with Gasteiger partial charge in [-0.05, 0) is 42.2 Å². The number of carbonyl (C=O) groups excluding carboxylic acids is 1. The van der Waals surface area contributed by atoms with Crippen molar-refractivity contribution in [3.63, 3.8) is 0 Å². The minimum absolute atomic E-state index is 0.257. The van der Waals surface area contributed by atoms with Crippen molar-refractivity contribution in [2.24, 2.45) is 0 Å². The highest BCUT2D eigenvalue weighted by atomic mass is 16.5. The molecule has 0 amide bonds. The van der Waals surface area contributed by atoms with Crippen molar-refractivity contribution in [3.8, 4) is 5.75 Å². The van der Waals surface area contributed by atoms with Gasteiger partial charge in [-0.1, -0.05) is 6.07 Å². The van der Waals surface area contributed by atoms with Gasteiger partial charge >= 0.3 is 11.6 Å². The Hall–Kier alpha value is -3.19. The van der Waals surface area contributed by atoms with Crippen molar-refractivity contribution < 1.29 is 18.7 Å². The normalized spacial score (nSPS) is 13.7. The van der Waals surface area contributed by atoms with Crippen LogP contribution in [0.4, 0.5) is 0 Å². The van der Waals surface area contributed by atoms with E-state index in [2.05, 4.69) is 9.88 Å². The Morgan fingerprint density at radius 2 is 2.21 bits per heavy atom. The van der Waals surface area contributed by atoms with Crippen LogP contribution in [0.1, 0.15) is 28.7 Å². The third kappa shape index (κ3) is 4.00. The molecule has 3 aromatic rings. The zero-order valence-electron chi connectivity index (χ0n) is 16.4. The predicted octanol–water partition coefficient (Wildman–Crippen LogP) is 2.95. The Morgan fingerprint density at radius 3 is 2.97 bits per heavy atom. The van der Waals surface area contributed by atoms with Crippen LogP contribution in [0.25, 0.3) is 11.0 Å². The first-order valence-corrected chi connectivity index (χ1v) is 9.45. The lowest BCUT2D eigenvalue weighted by molar-refractivity contribution is -0.140. The number of carbonyl (C=O) groups is 1. The van der Waals surface area contributed by atoms with E-state index in [0.29, 0.717) is 37.6 Å². The monoisotopic (exact) mass is 394 g/mol. The van der Waals surface area contributed by atoms with Crippen LogP contribution in [0.3, 0.4) is 0 Å². The van der Waals surface area contributed by atoms with Crippen LogP contribution < -0.4 is 10.4 Å². The number of fused-ring (bicyclic) bond motifs is 3. The topological polar surface area (TPSA) is 81.9 Å². The van der Waals surface area contributed by atoms with E-state index in [1.165, 1.54) is 13.2 Å². The molecule has 1 aliphatic heterocycles. The fourth-order valence-electron chi connectivity index (χ4n) is 3.68. The highest BCUT2D eigenvalue weighted by Gasteiger charge is 2.25. The van der Waals surface area contributed by atoms with E-state index in [1.807, 2.05) is 31.3 Å². The zero-order valence-corrected chi connectivity index (χ0v) is 16.4. The summed E-state index contributed by atoms with van der Waals surface area (Å²) in [5.74, 6) is 0.418. The van der Waals surface area contributed by atoms with Gasteiger partial charge in [0.1, 0.15) is 18.1 Å². The average Bonchev–Trinajstić information content (AvgIpc) is 2.73. The van der Waals surface area contributed by atoms with E-state index < -0.39 is 0 Å². The second kappa shape index (κ2) is 8.05. The summed E-state index contributed by atoms with van der Waals surface area (Å²) in [7, 11) is 1.38. The molecule has 0 fully saturated rings. The predicted molar refractivity (Wildman–Crippen MR) is 107 cm³/mol. The molecule has 1 aromatic carbocycles. The van der Waals surface area contributed by atoms with E-state index in [9.17, 15) is 9.59 Å². The summed E-state index contributed by atoms with van der Waals surface area (Å²) in [4.78, 5) is 29.9. The first-order chi connectivity index (χ1) is 14.0. The van der Waals surface area contributed by atoms with E-state index >= 15 is 0 Å². The van der Waals surface area contributed by atoms with Gasteiger partial charge in [0, 0.05) is 43.4 Å². The van der Waals surface area contributed by atoms with Gasteiger partial charge in [-0.2, -0.15) is 0 Å². The van der Waals surface area contributed by atoms with Gasteiger partial charge in [0.2, 0.25) is 0 Å². The van der Waals surface area contributed by atoms with E-state index in [-0.39, 0.29) is 18.0 Å². The lowest BCUT2D eigenvalue weighted by atomic mass is 9.97. The van der Waals surface area contributed by atoms with Gasteiger partial charge in [0.05, 0.1) is 12.7 Å². The van der Waals surface area contributed by atoms with E-state index in [4.69, 9.17) is 13.9 Å². The molecule has 2 aromatic heterocycles. The Balaban J connectivity index is 1.74. The molecule has 3 heterocycles. The molecule has 0 saturated heterocycles. The average molecular weight is 394 g/mol. The standard InChI is InChI=1S/C22H22N2O5/c1-14-8-20(26)29-22-17(14)9-16(5-6-19(25)27-2)21-18(22)12-24(13-28-21)11-15-4-3-7-23-10-15/h3-4,7-10H,5-6,11-13H2,1-2H3. The van der Waals surface area contributed by atoms with Gasteiger partial charge < -0.3 is 13.9 Å². The molecule has 0 N–H and O–H groups in total. The molecule has 0 radical (unpaired) electrons. The van der Waals surface area contributed by atoms with Crippen LogP contribution >= 0.6 is 0 Å². The van der Waals surface area contributed by atoms with Crippen molar-refractivity contribution in [2.75, 3.05) is 13.8 Å². The highest BCUT2D eigenvalue weighted by Crippen LogP contribution is 2.37. The molecular formula is C22H22N2O5.